The quantitative estimate of drug-likeness (QED) is 0.620. The molecule has 0 saturated carbocycles. The third-order valence-corrected chi connectivity index (χ3v) is 4.67. The van der Waals surface area contributed by atoms with Crippen LogP contribution >= 0.6 is 11.8 Å². The molecule has 0 unspecified atom stereocenters. The van der Waals surface area contributed by atoms with Crippen molar-refractivity contribution >= 4 is 23.4 Å². The number of quaternary nitrogens is 1. The summed E-state index contributed by atoms with van der Waals surface area (Å²) in [6.07, 6.45) is 0.931. The van der Waals surface area contributed by atoms with Crippen LogP contribution in [0.2, 0.25) is 0 Å². The zero-order chi connectivity index (χ0) is 15.4. The van der Waals surface area contributed by atoms with Crippen LogP contribution in [0, 0.1) is 10.1 Å². The van der Waals surface area contributed by atoms with E-state index < -0.39 is 4.92 Å². The maximum absolute atomic E-state index is 12.0. The minimum atomic E-state index is -0.398. The Morgan fingerprint density at radius 1 is 1.48 bits per heavy atom. The number of nitrogens with zero attached hydrogens (tertiary/aromatic N) is 2. The molecule has 1 saturated heterocycles. The molecule has 21 heavy (non-hydrogen) atoms. The fourth-order valence-electron chi connectivity index (χ4n) is 2.37. The average Bonchev–Trinajstić information content (AvgIpc) is 2.80. The summed E-state index contributed by atoms with van der Waals surface area (Å²) in [5.41, 5.74) is 0.905. The van der Waals surface area contributed by atoms with Gasteiger partial charge >= 0.3 is 0 Å². The second kappa shape index (κ2) is 6.91. The summed E-state index contributed by atoms with van der Waals surface area (Å²) in [5, 5.41) is 10.8. The normalized spacial score (nSPS) is 18.5. The zero-order valence-corrected chi connectivity index (χ0v) is 13.1. The van der Waals surface area contributed by atoms with Crippen molar-refractivity contribution in [3.8, 4) is 0 Å². The molecule has 1 amide bonds. The van der Waals surface area contributed by atoms with Gasteiger partial charge in [0.1, 0.15) is 5.37 Å². The molecule has 0 aromatic heterocycles. The molecule has 1 N–H and O–H groups in total. The fourth-order valence-corrected chi connectivity index (χ4v) is 3.58. The molecular weight excluding hydrogens is 290 g/mol. The summed E-state index contributed by atoms with van der Waals surface area (Å²) >= 11 is 1.54. The Labute approximate surface area is 128 Å². The molecule has 7 heteroatoms. The van der Waals surface area contributed by atoms with Gasteiger partial charge in [-0.15, -0.1) is 11.8 Å². The van der Waals surface area contributed by atoms with Crippen LogP contribution in [0.15, 0.2) is 24.3 Å². The third-order valence-electron chi connectivity index (χ3n) is 3.41. The number of carbonyl (C=O) groups is 1. The lowest BCUT2D eigenvalue weighted by molar-refractivity contribution is -0.858. The zero-order valence-electron chi connectivity index (χ0n) is 12.2. The Bertz CT molecular complexity index is 536. The van der Waals surface area contributed by atoms with E-state index in [1.165, 1.54) is 22.7 Å². The Hall–Kier alpha value is -1.60. The van der Waals surface area contributed by atoms with Crippen molar-refractivity contribution < 1.29 is 14.6 Å². The van der Waals surface area contributed by atoms with Gasteiger partial charge in [-0.1, -0.05) is 12.1 Å². The van der Waals surface area contributed by atoms with Crippen LogP contribution in [0.3, 0.4) is 0 Å². The lowest BCUT2D eigenvalue weighted by Gasteiger charge is -2.24. The molecule has 1 heterocycles. The van der Waals surface area contributed by atoms with Crippen LogP contribution in [-0.2, 0) is 4.79 Å². The monoisotopic (exact) mass is 310 g/mol. The van der Waals surface area contributed by atoms with E-state index in [0.29, 0.717) is 12.3 Å². The fraction of sp³-hybridized carbons (Fsp3) is 0.500. The summed E-state index contributed by atoms with van der Waals surface area (Å²) in [7, 11) is 4.16. The molecule has 2 rings (SSSR count). The molecular formula is C14H20N3O3S+. The van der Waals surface area contributed by atoms with Crippen LogP contribution in [0.4, 0.5) is 5.69 Å². The van der Waals surface area contributed by atoms with E-state index in [1.807, 2.05) is 11.0 Å². The number of nitrogens with one attached hydrogen (secondary N) is 1. The van der Waals surface area contributed by atoms with Gasteiger partial charge in [-0.3, -0.25) is 14.9 Å². The molecule has 1 aliphatic rings. The maximum atomic E-state index is 12.0. The van der Waals surface area contributed by atoms with Crippen LogP contribution in [0.1, 0.15) is 17.4 Å². The topological polar surface area (TPSA) is 67.9 Å². The second-order valence-electron chi connectivity index (χ2n) is 5.41. The van der Waals surface area contributed by atoms with E-state index in [2.05, 4.69) is 14.1 Å². The summed E-state index contributed by atoms with van der Waals surface area (Å²) in [6, 6.07) is 6.58. The van der Waals surface area contributed by atoms with E-state index in [0.717, 1.165) is 18.5 Å². The minimum absolute atomic E-state index is 0.0742. The van der Waals surface area contributed by atoms with Crippen molar-refractivity contribution in [1.82, 2.24) is 4.90 Å². The number of non-ortho nitro benzene ring substituents is 1. The number of amides is 1. The van der Waals surface area contributed by atoms with Crippen LogP contribution < -0.4 is 4.90 Å². The highest BCUT2D eigenvalue weighted by Gasteiger charge is 2.33. The Kier molecular flexibility index (Phi) is 5.19. The summed E-state index contributed by atoms with van der Waals surface area (Å²) < 4.78 is 0. The Morgan fingerprint density at radius 2 is 2.24 bits per heavy atom. The number of hydrogen-bond acceptors (Lipinski definition) is 4. The van der Waals surface area contributed by atoms with Crippen LogP contribution in [0.25, 0.3) is 0 Å². The number of thioether (sulfide) groups is 1. The molecule has 1 aromatic carbocycles. The number of nitro benzene ring substituents is 1. The SMILES string of the molecule is C[NH+](C)CCCN1C(=O)CS[C@H]1c1cccc([N+](=O)[O-])c1. The Balaban J connectivity index is 2.11. The third kappa shape index (κ3) is 3.95. The molecule has 1 aromatic rings. The molecule has 1 fully saturated rings. The van der Waals surface area contributed by atoms with E-state index in [9.17, 15) is 14.9 Å². The van der Waals surface area contributed by atoms with Crippen molar-refractivity contribution in [3.63, 3.8) is 0 Å². The first kappa shape index (κ1) is 15.8. The molecule has 0 spiro atoms. The number of carbonyl (C=O) groups excluding carboxylic acids is 1. The first-order valence-electron chi connectivity index (χ1n) is 6.93. The van der Waals surface area contributed by atoms with E-state index in [-0.39, 0.29) is 17.0 Å². The molecule has 0 bridgehead atoms. The molecule has 0 radical (unpaired) electrons. The van der Waals surface area contributed by atoms with Gasteiger partial charge in [0.05, 0.1) is 31.3 Å². The van der Waals surface area contributed by atoms with Gasteiger partial charge in [0.25, 0.3) is 5.69 Å². The largest absolute Gasteiger partial charge is 0.340 e. The highest BCUT2D eigenvalue weighted by Crippen LogP contribution is 2.39. The molecule has 6 nitrogen and oxygen atoms in total. The van der Waals surface area contributed by atoms with Gasteiger partial charge in [-0.25, -0.2) is 0 Å². The van der Waals surface area contributed by atoms with Gasteiger partial charge in [0.15, 0.2) is 0 Å². The van der Waals surface area contributed by atoms with Gasteiger partial charge in [-0.05, 0) is 5.56 Å². The van der Waals surface area contributed by atoms with Crippen molar-refractivity contribution in [3.05, 3.63) is 39.9 Å². The number of rotatable bonds is 6. The van der Waals surface area contributed by atoms with E-state index in [1.54, 1.807) is 12.1 Å². The predicted octanol–water partition coefficient (Wildman–Crippen LogP) is 0.703. The highest BCUT2D eigenvalue weighted by molar-refractivity contribution is 8.00. The Morgan fingerprint density at radius 3 is 2.90 bits per heavy atom. The van der Waals surface area contributed by atoms with Crippen molar-refractivity contribution in [1.29, 1.82) is 0 Å². The highest BCUT2D eigenvalue weighted by atomic mass is 32.2. The van der Waals surface area contributed by atoms with Gasteiger partial charge in [0.2, 0.25) is 5.91 Å². The van der Waals surface area contributed by atoms with Gasteiger partial charge in [-0.2, -0.15) is 0 Å². The van der Waals surface area contributed by atoms with Crippen LogP contribution in [-0.4, -0.2) is 48.7 Å². The average molecular weight is 310 g/mol. The first-order valence-corrected chi connectivity index (χ1v) is 7.98. The molecule has 114 valence electrons. The molecule has 1 aliphatic heterocycles. The predicted molar refractivity (Wildman–Crippen MR) is 82.3 cm³/mol. The van der Waals surface area contributed by atoms with E-state index >= 15 is 0 Å². The summed E-state index contributed by atoms with van der Waals surface area (Å²) in [6.45, 7) is 1.69. The van der Waals surface area contributed by atoms with Crippen LogP contribution in [0.5, 0.6) is 0 Å². The van der Waals surface area contributed by atoms with Crippen molar-refractivity contribution in [2.24, 2.45) is 0 Å². The lowest BCUT2D eigenvalue weighted by Crippen LogP contribution is -3.05. The van der Waals surface area contributed by atoms with E-state index in [4.69, 9.17) is 0 Å². The van der Waals surface area contributed by atoms with Crippen molar-refractivity contribution in [2.45, 2.75) is 11.8 Å². The summed E-state index contributed by atoms with van der Waals surface area (Å²) in [5.74, 6) is 0.563. The smallest absolute Gasteiger partial charge is 0.269 e. The van der Waals surface area contributed by atoms with Crippen molar-refractivity contribution in [2.75, 3.05) is 32.9 Å². The molecule has 0 aliphatic carbocycles. The number of nitro groups is 1. The second-order valence-corrected chi connectivity index (χ2v) is 6.48. The maximum Gasteiger partial charge on any atom is 0.269 e. The minimum Gasteiger partial charge on any atom is -0.340 e. The summed E-state index contributed by atoms with van der Waals surface area (Å²) in [4.78, 5) is 25.7. The van der Waals surface area contributed by atoms with Gasteiger partial charge < -0.3 is 9.80 Å². The first-order chi connectivity index (χ1) is 9.99. The standard InChI is InChI=1S/C14H19N3O3S/c1-15(2)7-4-8-16-13(18)10-21-14(16)11-5-3-6-12(9-11)17(19)20/h3,5-6,9,14H,4,7-8,10H2,1-2H3/p+1/t14-/m0/s1. The van der Waals surface area contributed by atoms with Gasteiger partial charge in [0, 0.05) is 25.1 Å². The molecule has 1 atom stereocenters. The number of hydrogen-bond donors (Lipinski definition) is 1. The lowest BCUT2D eigenvalue weighted by atomic mass is 10.2. The number of benzene rings is 1.